The van der Waals surface area contributed by atoms with E-state index in [1.165, 1.54) is 18.2 Å². The average molecular weight is 300 g/mol. The van der Waals surface area contributed by atoms with E-state index in [9.17, 15) is 4.79 Å². The number of carbonyl (C=O) groups excluding carboxylic acids is 1. The number of benzene rings is 1. The summed E-state index contributed by atoms with van der Waals surface area (Å²) >= 11 is 3.52. The van der Waals surface area contributed by atoms with E-state index in [1.54, 1.807) is 0 Å². The molecule has 0 heterocycles. The highest BCUT2D eigenvalue weighted by Gasteiger charge is 2.09. The second-order valence-corrected chi connectivity index (χ2v) is 5.03. The molecule has 4 heteroatoms. The Kier molecular flexibility index (Phi) is 5.65. The molecule has 0 aliphatic heterocycles. The summed E-state index contributed by atoms with van der Waals surface area (Å²) in [4.78, 5) is 11.0. The maximum absolute atomic E-state index is 11.0. The summed E-state index contributed by atoms with van der Waals surface area (Å²) < 4.78 is 5.66. The van der Waals surface area contributed by atoms with E-state index >= 15 is 0 Å². The van der Waals surface area contributed by atoms with Gasteiger partial charge in [0.2, 0.25) is 0 Å². The van der Waals surface area contributed by atoms with E-state index in [0.717, 1.165) is 10.9 Å². The summed E-state index contributed by atoms with van der Waals surface area (Å²) in [5, 5.41) is 0. The second-order valence-electron chi connectivity index (χ2n) is 4.17. The van der Waals surface area contributed by atoms with Crippen LogP contribution in [0.25, 0.3) is 0 Å². The van der Waals surface area contributed by atoms with Gasteiger partial charge in [-0.2, -0.15) is 0 Å². The van der Waals surface area contributed by atoms with Gasteiger partial charge in [0, 0.05) is 16.9 Å². The van der Waals surface area contributed by atoms with Crippen LogP contribution in [-0.2, 0) is 16.0 Å². The predicted molar refractivity (Wildman–Crippen MR) is 71.8 cm³/mol. The number of ether oxygens (including phenoxy) is 1. The van der Waals surface area contributed by atoms with Crippen molar-refractivity contribution < 1.29 is 9.53 Å². The van der Waals surface area contributed by atoms with E-state index in [1.807, 2.05) is 6.92 Å². The van der Waals surface area contributed by atoms with Crippen molar-refractivity contribution in [3.8, 4) is 0 Å². The molecule has 0 radical (unpaired) electrons. The molecule has 0 aliphatic carbocycles. The highest BCUT2D eigenvalue weighted by Crippen LogP contribution is 2.20. The molecular formula is C13H18BrNO2. The Morgan fingerprint density at radius 2 is 2.24 bits per heavy atom. The minimum atomic E-state index is -0.205. The van der Waals surface area contributed by atoms with Crippen molar-refractivity contribution in [2.45, 2.75) is 32.2 Å². The third-order valence-corrected chi connectivity index (χ3v) is 3.38. The Labute approximate surface area is 110 Å². The van der Waals surface area contributed by atoms with Crippen LogP contribution in [-0.4, -0.2) is 19.1 Å². The summed E-state index contributed by atoms with van der Waals surface area (Å²) in [7, 11) is 1.39. The van der Waals surface area contributed by atoms with Crippen molar-refractivity contribution in [3.05, 3.63) is 33.8 Å². The molecule has 17 heavy (non-hydrogen) atoms. The Hall–Kier alpha value is -0.870. The minimum Gasteiger partial charge on any atom is -0.469 e. The third-order valence-electron chi connectivity index (χ3n) is 2.64. The molecule has 0 aromatic heterocycles. The van der Waals surface area contributed by atoms with Crippen LogP contribution in [0.1, 0.15) is 24.0 Å². The lowest BCUT2D eigenvalue weighted by molar-refractivity contribution is -0.140. The number of rotatable bonds is 5. The largest absolute Gasteiger partial charge is 0.469 e. The monoisotopic (exact) mass is 299 g/mol. The first-order chi connectivity index (χ1) is 8.02. The van der Waals surface area contributed by atoms with E-state index in [2.05, 4.69) is 38.9 Å². The molecule has 1 aromatic carbocycles. The zero-order valence-electron chi connectivity index (χ0n) is 10.2. The van der Waals surface area contributed by atoms with E-state index in [4.69, 9.17) is 5.73 Å². The topological polar surface area (TPSA) is 52.3 Å². The number of carbonyl (C=O) groups is 1. The summed E-state index contributed by atoms with van der Waals surface area (Å²) in [5.74, 6) is -0.205. The number of esters is 1. The fourth-order valence-electron chi connectivity index (χ4n) is 1.61. The van der Waals surface area contributed by atoms with Crippen LogP contribution in [0.5, 0.6) is 0 Å². The summed E-state index contributed by atoms with van der Waals surface area (Å²) in [6, 6.07) is 6.18. The lowest BCUT2D eigenvalue weighted by Gasteiger charge is -2.12. The van der Waals surface area contributed by atoms with Gasteiger partial charge in [-0.25, -0.2) is 0 Å². The highest BCUT2D eigenvalue weighted by molar-refractivity contribution is 9.10. The Balaban J connectivity index is 2.50. The van der Waals surface area contributed by atoms with Crippen LogP contribution in [0, 0.1) is 6.92 Å². The van der Waals surface area contributed by atoms with E-state index in [-0.39, 0.29) is 12.0 Å². The lowest BCUT2D eigenvalue weighted by atomic mass is 10.0. The van der Waals surface area contributed by atoms with Gasteiger partial charge in [-0.15, -0.1) is 0 Å². The van der Waals surface area contributed by atoms with Gasteiger partial charge >= 0.3 is 5.97 Å². The maximum Gasteiger partial charge on any atom is 0.305 e. The first kappa shape index (κ1) is 14.2. The Morgan fingerprint density at radius 1 is 1.53 bits per heavy atom. The number of nitrogens with two attached hydrogens (primary N) is 1. The van der Waals surface area contributed by atoms with Crippen molar-refractivity contribution in [1.82, 2.24) is 0 Å². The molecule has 2 N–H and O–H groups in total. The van der Waals surface area contributed by atoms with Crippen molar-refractivity contribution in [1.29, 1.82) is 0 Å². The predicted octanol–water partition coefficient (Wildman–Crippen LogP) is 2.58. The highest BCUT2D eigenvalue weighted by atomic mass is 79.9. The molecule has 1 rings (SSSR count). The van der Waals surface area contributed by atoms with Gasteiger partial charge in [0.25, 0.3) is 0 Å². The van der Waals surface area contributed by atoms with Gasteiger partial charge in [0.1, 0.15) is 0 Å². The third kappa shape index (κ3) is 4.88. The molecule has 3 nitrogen and oxygen atoms in total. The van der Waals surface area contributed by atoms with Gasteiger partial charge in [-0.3, -0.25) is 4.79 Å². The van der Waals surface area contributed by atoms with Crippen LogP contribution in [0.4, 0.5) is 0 Å². The smallest absolute Gasteiger partial charge is 0.305 e. The molecule has 0 bridgehead atoms. The van der Waals surface area contributed by atoms with Gasteiger partial charge in [-0.05, 0) is 37.0 Å². The van der Waals surface area contributed by atoms with Gasteiger partial charge in [0.15, 0.2) is 0 Å². The van der Waals surface area contributed by atoms with Gasteiger partial charge < -0.3 is 10.5 Å². The van der Waals surface area contributed by atoms with Gasteiger partial charge in [-0.1, -0.05) is 28.1 Å². The number of hydrogen-bond donors (Lipinski definition) is 1. The Bertz CT molecular complexity index is 393. The Morgan fingerprint density at radius 3 is 2.82 bits per heavy atom. The van der Waals surface area contributed by atoms with Crippen LogP contribution in [0.2, 0.25) is 0 Å². The fourth-order valence-corrected chi connectivity index (χ4v) is 2.26. The van der Waals surface area contributed by atoms with Crippen molar-refractivity contribution in [2.75, 3.05) is 7.11 Å². The zero-order chi connectivity index (χ0) is 12.8. The van der Waals surface area contributed by atoms with Gasteiger partial charge in [0.05, 0.1) is 7.11 Å². The first-order valence-electron chi connectivity index (χ1n) is 5.60. The second kappa shape index (κ2) is 6.77. The fraction of sp³-hybridized carbons (Fsp3) is 0.462. The molecule has 1 aromatic rings. The summed E-state index contributed by atoms with van der Waals surface area (Å²) in [6.07, 6.45) is 1.78. The molecule has 0 spiro atoms. The molecular weight excluding hydrogens is 282 g/mol. The normalized spacial score (nSPS) is 12.2. The van der Waals surface area contributed by atoms with E-state index < -0.39 is 0 Å². The van der Waals surface area contributed by atoms with Crippen molar-refractivity contribution >= 4 is 21.9 Å². The van der Waals surface area contributed by atoms with Crippen LogP contribution < -0.4 is 5.73 Å². The molecule has 1 atom stereocenters. The van der Waals surface area contributed by atoms with Crippen LogP contribution in [0.3, 0.4) is 0 Å². The molecule has 0 fully saturated rings. The first-order valence-corrected chi connectivity index (χ1v) is 6.39. The molecule has 0 saturated carbocycles. The number of methoxy groups -OCH3 is 1. The van der Waals surface area contributed by atoms with Crippen LogP contribution in [0.15, 0.2) is 22.7 Å². The summed E-state index contributed by atoms with van der Waals surface area (Å²) in [5.41, 5.74) is 8.37. The molecule has 0 saturated heterocycles. The maximum atomic E-state index is 11.0. The average Bonchev–Trinajstić information content (AvgIpc) is 2.29. The zero-order valence-corrected chi connectivity index (χ0v) is 11.8. The lowest BCUT2D eigenvalue weighted by Crippen LogP contribution is -2.24. The number of hydrogen-bond acceptors (Lipinski definition) is 3. The molecule has 94 valence electrons. The quantitative estimate of drug-likeness (QED) is 0.850. The summed E-state index contributed by atoms with van der Waals surface area (Å²) in [6.45, 7) is 2.05. The van der Waals surface area contributed by atoms with E-state index in [0.29, 0.717) is 12.8 Å². The van der Waals surface area contributed by atoms with Crippen molar-refractivity contribution in [2.24, 2.45) is 5.73 Å². The number of aryl methyl sites for hydroxylation is 1. The SMILES string of the molecule is COC(=O)CCC(N)Cc1ccc(C)cc1Br. The standard InChI is InChI=1S/C13H18BrNO2/c1-9-3-4-10(12(14)7-9)8-11(15)5-6-13(16)17-2/h3-4,7,11H,5-6,8,15H2,1-2H3. The molecule has 0 amide bonds. The molecule has 0 aliphatic rings. The van der Waals surface area contributed by atoms with Crippen LogP contribution >= 0.6 is 15.9 Å². The van der Waals surface area contributed by atoms with Crippen molar-refractivity contribution in [3.63, 3.8) is 0 Å². The minimum absolute atomic E-state index is 0.0203. The molecule has 1 unspecified atom stereocenters. The number of halogens is 1.